The van der Waals surface area contributed by atoms with Gasteiger partial charge in [-0.1, -0.05) is 0 Å². The lowest BCUT2D eigenvalue weighted by Gasteiger charge is -2.08. The van der Waals surface area contributed by atoms with E-state index in [9.17, 15) is 4.79 Å². The van der Waals surface area contributed by atoms with E-state index in [0.29, 0.717) is 12.1 Å². The predicted molar refractivity (Wildman–Crippen MR) is 73.0 cm³/mol. The Kier molecular flexibility index (Phi) is 4.49. The number of aromatic amines is 1. The van der Waals surface area contributed by atoms with Crippen molar-refractivity contribution >= 4 is 11.6 Å². The molecule has 0 aliphatic rings. The number of anilines is 1. The van der Waals surface area contributed by atoms with Crippen LogP contribution in [-0.2, 0) is 6.42 Å². The van der Waals surface area contributed by atoms with Crippen molar-refractivity contribution in [2.45, 2.75) is 12.8 Å². The summed E-state index contributed by atoms with van der Waals surface area (Å²) < 4.78 is 0. The van der Waals surface area contributed by atoms with Crippen molar-refractivity contribution in [3.05, 3.63) is 42.2 Å². The van der Waals surface area contributed by atoms with E-state index in [1.165, 1.54) is 0 Å². The van der Waals surface area contributed by atoms with Gasteiger partial charge in [-0.15, -0.1) is 0 Å². The summed E-state index contributed by atoms with van der Waals surface area (Å²) in [4.78, 5) is 23.1. The van der Waals surface area contributed by atoms with Crippen LogP contribution < -0.4 is 10.6 Å². The van der Waals surface area contributed by atoms with E-state index < -0.39 is 0 Å². The van der Waals surface area contributed by atoms with Gasteiger partial charge in [-0.2, -0.15) is 0 Å². The molecule has 0 unspecified atom stereocenters. The molecular weight excluding hydrogens is 242 g/mol. The number of nitrogens with zero attached hydrogens (tertiary/aromatic N) is 2. The van der Waals surface area contributed by atoms with E-state index in [1.54, 1.807) is 37.9 Å². The van der Waals surface area contributed by atoms with Gasteiger partial charge in [0.1, 0.15) is 5.82 Å². The number of rotatable bonds is 6. The predicted octanol–water partition coefficient (Wildman–Crippen LogP) is 1.21. The minimum Gasteiger partial charge on any atom is -0.387 e. The van der Waals surface area contributed by atoms with Crippen LogP contribution in [0.4, 0.5) is 5.69 Å². The number of carbonyl (C=O) groups excluding carboxylic acids is 1. The molecule has 2 heterocycles. The van der Waals surface area contributed by atoms with E-state index in [-0.39, 0.29) is 5.91 Å². The van der Waals surface area contributed by atoms with Crippen molar-refractivity contribution < 1.29 is 4.79 Å². The topological polar surface area (TPSA) is 82.7 Å². The fourth-order valence-electron chi connectivity index (χ4n) is 1.78. The number of imidazole rings is 1. The lowest BCUT2D eigenvalue weighted by molar-refractivity contribution is 0.0953. The molecule has 0 bridgehead atoms. The maximum Gasteiger partial charge on any atom is 0.254 e. The highest BCUT2D eigenvalue weighted by Crippen LogP contribution is 2.11. The van der Waals surface area contributed by atoms with Gasteiger partial charge in [-0.05, 0) is 12.5 Å². The second kappa shape index (κ2) is 6.53. The SMILES string of the molecule is CNc1ccncc1C(=O)NCCCc1ncc[nH]1. The molecule has 0 fully saturated rings. The molecule has 19 heavy (non-hydrogen) atoms. The Balaban J connectivity index is 1.81. The first-order valence-corrected chi connectivity index (χ1v) is 6.19. The Morgan fingerprint density at radius 1 is 1.42 bits per heavy atom. The molecule has 0 saturated carbocycles. The average Bonchev–Trinajstić information content (AvgIpc) is 2.96. The molecule has 100 valence electrons. The normalized spacial score (nSPS) is 10.2. The van der Waals surface area contributed by atoms with E-state index in [0.717, 1.165) is 24.4 Å². The number of pyridine rings is 1. The molecule has 0 atom stereocenters. The van der Waals surface area contributed by atoms with Crippen LogP contribution in [0, 0.1) is 0 Å². The maximum atomic E-state index is 12.0. The van der Waals surface area contributed by atoms with Crippen LogP contribution in [0.5, 0.6) is 0 Å². The minimum absolute atomic E-state index is 0.114. The third kappa shape index (κ3) is 3.54. The van der Waals surface area contributed by atoms with Crippen LogP contribution >= 0.6 is 0 Å². The van der Waals surface area contributed by atoms with Crippen molar-refractivity contribution in [3.63, 3.8) is 0 Å². The zero-order valence-corrected chi connectivity index (χ0v) is 10.8. The summed E-state index contributed by atoms with van der Waals surface area (Å²) in [6.45, 7) is 0.609. The molecular formula is C13H17N5O. The molecule has 0 aliphatic carbocycles. The highest BCUT2D eigenvalue weighted by molar-refractivity contribution is 5.99. The number of amides is 1. The Morgan fingerprint density at radius 3 is 3.05 bits per heavy atom. The van der Waals surface area contributed by atoms with E-state index in [1.807, 2.05) is 0 Å². The number of hydrogen-bond acceptors (Lipinski definition) is 4. The second-order valence-electron chi connectivity index (χ2n) is 4.07. The lowest BCUT2D eigenvalue weighted by atomic mass is 10.2. The fraction of sp³-hybridized carbons (Fsp3) is 0.308. The highest BCUT2D eigenvalue weighted by Gasteiger charge is 2.09. The molecule has 2 aromatic rings. The Morgan fingerprint density at radius 2 is 2.32 bits per heavy atom. The van der Waals surface area contributed by atoms with Gasteiger partial charge < -0.3 is 15.6 Å². The monoisotopic (exact) mass is 259 g/mol. The summed E-state index contributed by atoms with van der Waals surface area (Å²) >= 11 is 0. The standard InChI is InChI=1S/C13H17N5O/c1-14-11-4-6-15-9-10(11)13(19)18-5-2-3-12-16-7-8-17-12/h4,6-9H,2-3,5H2,1H3,(H,14,15)(H,16,17)(H,18,19). The van der Waals surface area contributed by atoms with Gasteiger partial charge in [0.2, 0.25) is 0 Å². The van der Waals surface area contributed by atoms with Gasteiger partial charge in [-0.3, -0.25) is 9.78 Å². The number of aromatic nitrogens is 3. The summed E-state index contributed by atoms with van der Waals surface area (Å²) in [5.41, 5.74) is 1.33. The number of H-pyrrole nitrogens is 1. The fourth-order valence-corrected chi connectivity index (χ4v) is 1.78. The third-order valence-electron chi connectivity index (χ3n) is 2.77. The largest absolute Gasteiger partial charge is 0.387 e. The Labute approximate surface area is 111 Å². The second-order valence-corrected chi connectivity index (χ2v) is 4.07. The zero-order valence-electron chi connectivity index (χ0n) is 10.8. The van der Waals surface area contributed by atoms with Crippen molar-refractivity contribution in [1.29, 1.82) is 0 Å². The van der Waals surface area contributed by atoms with Gasteiger partial charge in [0.05, 0.1) is 5.56 Å². The van der Waals surface area contributed by atoms with Crippen LogP contribution in [0.1, 0.15) is 22.6 Å². The molecule has 0 saturated heterocycles. The molecule has 0 radical (unpaired) electrons. The van der Waals surface area contributed by atoms with Crippen LogP contribution in [0.2, 0.25) is 0 Å². The molecule has 6 heteroatoms. The summed E-state index contributed by atoms with van der Waals surface area (Å²) in [5, 5.41) is 5.85. The van der Waals surface area contributed by atoms with Crippen molar-refractivity contribution in [2.75, 3.05) is 18.9 Å². The van der Waals surface area contributed by atoms with Crippen LogP contribution in [0.15, 0.2) is 30.9 Å². The first-order chi connectivity index (χ1) is 9.31. The van der Waals surface area contributed by atoms with Crippen molar-refractivity contribution in [2.24, 2.45) is 0 Å². The van der Waals surface area contributed by atoms with E-state index in [2.05, 4.69) is 25.6 Å². The number of nitrogens with one attached hydrogen (secondary N) is 3. The van der Waals surface area contributed by atoms with E-state index >= 15 is 0 Å². The third-order valence-corrected chi connectivity index (χ3v) is 2.77. The van der Waals surface area contributed by atoms with Gasteiger partial charge in [0, 0.05) is 50.5 Å². The Bertz CT molecular complexity index is 524. The molecule has 2 aromatic heterocycles. The van der Waals surface area contributed by atoms with E-state index in [4.69, 9.17) is 0 Å². The first kappa shape index (κ1) is 13.1. The zero-order chi connectivity index (χ0) is 13.5. The number of hydrogen-bond donors (Lipinski definition) is 3. The summed E-state index contributed by atoms with van der Waals surface area (Å²) in [6.07, 6.45) is 8.40. The lowest BCUT2D eigenvalue weighted by Crippen LogP contribution is -2.25. The highest BCUT2D eigenvalue weighted by atomic mass is 16.1. The number of aryl methyl sites for hydroxylation is 1. The molecule has 6 nitrogen and oxygen atoms in total. The molecule has 0 aromatic carbocycles. The van der Waals surface area contributed by atoms with Gasteiger partial charge in [0.15, 0.2) is 0 Å². The minimum atomic E-state index is -0.114. The van der Waals surface area contributed by atoms with Gasteiger partial charge in [0.25, 0.3) is 5.91 Å². The first-order valence-electron chi connectivity index (χ1n) is 6.19. The molecule has 0 spiro atoms. The summed E-state index contributed by atoms with van der Waals surface area (Å²) in [5.74, 6) is 0.823. The molecule has 2 rings (SSSR count). The molecule has 0 aliphatic heterocycles. The van der Waals surface area contributed by atoms with Crippen LogP contribution in [0.25, 0.3) is 0 Å². The quantitative estimate of drug-likeness (QED) is 0.681. The molecule has 1 amide bonds. The van der Waals surface area contributed by atoms with Crippen molar-refractivity contribution in [3.8, 4) is 0 Å². The number of carbonyl (C=O) groups is 1. The maximum absolute atomic E-state index is 12.0. The van der Waals surface area contributed by atoms with Gasteiger partial charge in [-0.25, -0.2) is 4.98 Å². The van der Waals surface area contributed by atoms with Crippen LogP contribution in [-0.4, -0.2) is 34.5 Å². The van der Waals surface area contributed by atoms with Gasteiger partial charge >= 0.3 is 0 Å². The average molecular weight is 259 g/mol. The Hall–Kier alpha value is -2.37. The van der Waals surface area contributed by atoms with Crippen molar-refractivity contribution in [1.82, 2.24) is 20.3 Å². The molecule has 3 N–H and O–H groups in total. The summed E-state index contributed by atoms with van der Waals surface area (Å²) in [7, 11) is 1.78. The van der Waals surface area contributed by atoms with Crippen LogP contribution in [0.3, 0.4) is 0 Å². The smallest absolute Gasteiger partial charge is 0.254 e. The summed E-state index contributed by atoms with van der Waals surface area (Å²) in [6, 6.07) is 1.78.